The number of amides is 1. The van der Waals surface area contributed by atoms with Crippen molar-refractivity contribution in [2.45, 2.75) is 52.1 Å². The Balaban J connectivity index is 2.80. The molecule has 0 unspecified atom stereocenters. The van der Waals surface area contributed by atoms with Gasteiger partial charge in [-0.15, -0.1) is 0 Å². The summed E-state index contributed by atoms with van der Waals surface area (Å²) in [5.74, 6) is -1.09. The van der Waals surface area contributed by atoms with Crippen LogP contribution in [0.25, 0.3) is 0 Å². The zero-order valence-electron chi connectivity index (χ0n) is 15.0. The quantitative estimate of drug-likeness (QED) is 0.763. The number of aliphatic carboxylic acids is 1. The number of carboxylic acids is 1. The summed E-state index contributed by atoms with van der Waals surface area (Å²) < 4.78 is 12.3. The lowest BCUT2D eigenvalue weighted by atomic mass is 10.2. The zero-order valence-corrected chi connectivity index (χ0v) is 16.1. The van der Waals surface area contributed by atoms with Gasteiger partial charge in [-0.2, -0.15) is 0 Å². The normalized spacial score (nSPS) is 12.8. The summed E-state index contributed by atoms with van der Waals surface area (Å²) in [6.07, 6.45) is -0.606. The van der Waals surface area contributed by atoms with Crippen LogP contribution in [0, 0.1) is 0 Å². The summed E-state index contributed by atoms with van der Waals surface area (Å²) in [6, 6.07) is 8.25. The molecule has 1 atom stereocenters. The molecule has 0 aliphatic carbocycles. The van der Waals surface area contributed by atoms with Crippen molar-refractivity contribution in [1.29, 1.82) is 0 Å². The van der Waals surface area contributed by atoms with E-state index >= 15 is 0 Å². The van der Waals surface area contributed by atoms with E-state index in [1.165, 1.54) is 4.57 Å². The average molecular weight is 353 g/mol. The van der Waals surface area contributed by atoms with E-state index in [9.17, 15) is 14.7 Å². The van der Waals surface area contributed by atoms with Crippen LogP contribution in [0.2, 0.25) is 13.1 Å². The number of hydrogen-bond acceptors (Lipinski definition) is 4. The summed E-state index contributed by atoms with van der Waals surface area (Å²) in [4.78, 5) is 24.1. The largest absolute Gasteiger partial charge is 0.480 e. The molecule has 0 bridgehead atoms. The van der Waals surface area contributed by atoms with Crippen LogP contribution in [0.5, 0.6) is 0 Å². The molecule has 0 saturated heterocycles. The highest BCUT2D eigenvalue weighted by atomic mass is 28.3. The van der Waals surface area contributed by atoms with Gasteiger partial charge in [-0.05, 0) is 26.3 Å². The molecule has 0 heterocycles. The minimum atomic E-state index is -1.77. The fourth-order valence-electron chi connectivity index (χ4n) is 2.09. The molecule has 24 heavy (non-hydrogen) atoms. The second-order valence-corrected chi connectivity index (χ2v) is 9.56. The van der Waals surface area contributed by atoms with Crippen LogP contribution in [0.4, 0.5) is 4.79 Å². The van der Waals surface area contributed by atoms with E-state index in [1.807, 2.05) is 64.2 Å². The van der Waals surface area contributed by atoms with Crippen molar-refractivity contribution in [2.75, 3.05) is 6.61 Å². The fraction of sp³-hybridized carbons (Fsp3) is 0.529. The second-order valence-electron chi connectivity index (χ2n) is 6.82. The number of carboxylic acid groups (broad SMARTS) is 1. The molecule has 134 valence electrons. The van der Waals surface area contributed by atoms with Gasteiger partial charge in [0.05, 0.1) is 12.2 Å². The maximum Gasteiger partial charge on any atom is 0.402 e. The van der Waals surface area contributed by atoms with Gasteiger partial charge in [0.15, 0.2) is 0 Å². The van der Waals surface area contributed by atoms with E-state index in [-0.39, 0.29) is 13.2 Å². The Morgan fingerprint density at radius 2 is 1.79 bits per heavy atom. The Kier molecular flexibility index (Phi) is 7.43. The lowest BCUT2D eigenvalue weighted by Crippen LogP contribution is -2.54. The first-order valence-electron chi connectivity index (χ1n) is 7.97. The lowest BCUT2D eigenvalue weighted by molar-refractivity contribution is -0.145. The van der Waals surface area contributed by atoms with Gasteiger partial charge < -0.3 is 19.1 Å². The molecule has 7 heteroatoms. The van der Waals surface area contributed by atoms with Gasteiger partial charge in [-0.1, -0.05) is 43.4 Å². The molecule has 1 aromatic carbocycles. The Hall–Kier alpha value is -1.86. The van der Waals surface area contributed by atoms with Gasteiger partial charge in [0, 0.05) is 0 Å². The van der Waals surface area contributed by atoms with Crippen molar-refractivity contribution in [3.8, 4) is 0 Å². The molecular formula is C17H27NO5Si. The molecule has 0 radical (unpaired) electrons. The number of hydrogen-bond donors (Lipinski definition) is 1. The van der Waals surface area contributed by atoms with Crippen LogP contribution in [0.15, 0.2) is 30.3 Å². The monoisotopic (exact) mass is 353 g/mol. The van der Waals surface area contributed by atoms with E-state index in [4.69, 9.17) is 9.47 Å². The molecule has 0 saturated carbocycles. The maximum absolute atomic E-state index is 12.4. The molecule has 0 spiro atoms. The highest BCUT2D eigenvalue weighted by molar-refractivity contribution is 6.55. The van der Waals surface area contributed by atoms with Gasteiger partial charge in [0.25, 0.3) is 0 Å². The first-order valence-corrected chi connectivity index (χ1v) is 10.8. The van der Waals surface area contributed by atoms with Crippen LogP contribution < -0.4 is 0 Å². The average Bonchev–Trinajstić information content (AvgIpc) is 2.48. The number of carbonyl (C=O) groups is 2. The van der Waals surface area contributed by atoms with Crippen molar-refractivity contribution in [1.82, 2.24) is 4.57 Å². The molecular weight excluding hydrogens is 326 g/mol. The van der Waals surface area contributed by atoms with Gasteiger partial charge >= 0.3 is 12.1 Å². The van der Waals surface area contributed by atoms with Crippen molar-refractivity contribution in [2.24, 2.45) is 0 Å². The molecule has 0 aromatic heterocycles. The van der Waals surface area contributed by atoms with Crippen molar-refractivity contribution in [3.05, 3.63) is 35.9 Å². The minimum absolute atomic E-state index is 0.0650. The number of nitrogens with zero attached hydrogens (tertiary/aromatic N) is 1. The second kappa shape index (κ2) is 8.84. The van der Waals surface area contributed by atoms with E-state index in [0.717, 1.165) is 5.56 Å². The minimum Gasteiger partial charge on any atom is -0.480 e. The Bertz CT molecular complexity index is 542. The third kappa shape index (κ3) is 6.72. The fourth-order valence-corrected chi connectivity index (χ4v) is 3.52. The Morgan fingerprint density at radius 3 is 2.25 bits per heavy atom. The number of ether oxygens (including phenoxy) is 2. The molecule has 1 amide bonds. The number of rotatable bonds is 7. The highest BCUT2D eigenvalue weighted by Gasteiger charge is 2.34. The zero-order chi connectivity index (χ0) is 18.3. The highest BCUT2D eigenvalue weighted by Crippen LogP contribution is 2.14. The molecule has 0 aliphatic heterocycles. The molecule has 1 rings (SSSR count). The SMILES string of the molecule is C[SiH](C)N(C(=O)OCc1ccccc1)[C@@H](COC(C)(C)C)C(=O)O. The van der Waals surface area contributed by atoms with Crippen LogP contribution in [0.1, 0.15) is 26.3 Å². The smallest absolute Gasteiger partial charge is 0.402 e. The van der Waals surface area contributed by atoms with Crippen molar-refractivity contribution >= 4 is 21.0 Å². The third-order valence-corrected chi connectivity index (χ3v) is 4.95. The standard InChI is InChI=1S/C17H27NO5Si/c1-17(2,3)23-12-14(15(19)20)18(24(4)5)16(21)22-11-13-9-7-6-8-10-13/h6-10,14,24H,11-12H2,1-5H3,(H,19,20)/t14-/m0/s1. The van der Waals surface area contributed by atoms with E-state index in [2.05, 4.69) is 0 Å². The first kappa shape index (κ1) is 20.2. The predicted molar refractivity (Wildman–Crippen MR) is 94.5 cm³/mol. The van der Waals surface area contributed by atoms with Crippen LogP contribution >= 0.6 is 0 Å². The van der Waals surface area contributed by atoms with Crippen LogP contribution in [0.3, 0.4) is 0 Å². The van der Waals surface area contributed by atoms with Crippen molar-refractivity contribution < 1.29 is 24.2 Å². The van der Waals surface area contributed by atoms with Crippen LogP contribution in [-0.2, 0) is 20.9 Å². The van der Waals surface area contributed by atoms with Crippen LogP contribution in [-0.4, -0.2) is 48.9 Å². The summed E-state index contributed by atoms with van der Waals surface area (Å²) in [6.45, 7) is 9.35. The lowest BCUT2D eigenvalue weighted by Gasteiger charge is -2.33. The van der Waals surface area contributed by atoms with Crippen molar-refractivity contribution in [3.63, 3.8) is 0 Å². The Morgan fingerprint density at radius 1 is 1.21 bits per heavy atom. The maximum atomic E-state index is 12.4. The molecule has 1 aromatic rings. The molecule has 0 aliphatic rings. The summed E-state index contributed by atoms with van der Waals surface area (Å²) in [5.41, 5.74) is 0.375. The topological polar surface area (TPSA) is 76.1 Å². The van der Waals surface area contributed by atoms with Gasteiger partial charge in [0.2, 0.25) is 0 Å². The van der Waals surface area contributed by atoms with E-state index in [1.54, 1.807) is 0 Å². The summed E-state index contributed by atoms with van der Waals surface area (Å²) in [5, 5.41) is 9.52. The van der Waals surface area contributed by atoms with E-state index < -0.39 is 32.7 Å². The molecule has 0 fully saturated rings. The van der Waals surface area contributed by atoms with Gasteiger partial charge in [0.1, 0.15) is 21.6 Å². The predicted octanol–water partition coefficient (Wildman–Crippen LogP) is 2.88. The number of benzene rings is 1. The summed E-state index contributed by atoms with van der Waals surface area (Å²) in [7, 11) is -1.77. The summed E-state index contributed by atoms with van der Waals surface area (Å²) >= 11 is 0. The Labute approximate surface area is 145 Å². The number of carbonyl (C=O) groups excluding carboxylic acids is 1. The first-order chi connectivity index (χ1) is 11.1. The molecule has 1 N–H and O–H groups in total. The molecule has 6 nitrogen and oxygen atoms in total. The third-order valence-electron chi connectivity index (χ3n) is 3.27. The van der Waals surface area contributed by atoms with E-state index in [0.29, 0.717) is 0 Å². The van der Waals surface area contributed by atoms with Gasteiger partial charge in [-0.25, -0.2) is 9.59 Å². The van der Waals surface area contributed by atoms with Gasteiger partial charge in [-0.3, -0.25) is 0 Å².